The fourth-order valence-electron chi connectivity index (χ4n) is 2.88. The average molecular weight is 446 g/mol. The molecule has 0 aliphatic carbocycles. The van der Waals surface area contributed by atoms with Crippen molar-refractivity contribution in [3.63, 3.8) is 0 Å². The normalized spacial score (nSPS) is 10.8. The number of nitrogens with one attached hydrogen (secondary N) is 2. The number of amides is 1. The minimum absolute atomic E-state index is 0.148. The molecule has 1 aromatic heterocycles. The molecule has 0 bridgehead atoms. The zero-order valence-corrected chi connectivity index (χ0v) is 17.6. The summed E-state index contributed by atoms with van der Waals surface area (Å²) in [5, 5.41) is 2.95. The van der Waals surface area contributed by atoms with Gasteiger partial charge in [-0.2, -0.15) is 0 Å². The van der Waals surface area contributed by atoms with Crippen LogP contribution in [0.2, 0.25) is 0 Å². The molecule has 0 spiro atoms. The maximum Gasteiger partial charge on any atom is 0.251 e. The van der Waals surface area contributed by atoms with E-state index < -0.39 is 0 Å². The van der Waals surface area contributed by atoms with Gasteiger partial charge in [-0.3, -0.25) is 4.79 Å². The Morgan fingerprint density at radius 2 is 2.11 bits per heavy atom. The number of aromatic nitrogens is 2. The number of H-pyrrole nitrogens is 1. The molecular weight excluding hydrogens is 422 g/mol. The molecule has 0 unspecified atom stereocenters. The van der Waals surface area contributed by atoms with E-state index in [9.17, 15) is 4.79 Å². The first-order valence-electron chi connectivity index (χ1n) is 9.34. The summed E-state index contributed by atoms with van der Waals surface area (Å²) < 4.78 is 11.8. The third kappa shape index (κ3) is 4.84. The maximum absolute atomic E-state index is 12.5. The van der Waals surface area contributed by atoms with E-state index >= 15 is 0 Å². The molecule has 6 nitrogen and oxygen atoms in total. The van der Waals surface area contributed by atoms with Gasteiger partial charge in [0, 0.05) is 18.5 Å². The number of halogens is 1. The van der Waals surface area contributed by atoms with Crippen molar-refractivity contribution in [2.75, 3.05) is 20.3 Å². The van der Waals surface area contributed by atoms with Crippen molar-refractivity contribution in [3.8, 4) is 11.5 Å². The van der Waals surface area contributed by atoms with Crippen LogP contribution in [-0.4, -0.2) is 36.1 Å². The van der Waals surface area contributed by atoms with E-state index in [1.807, 2.05) is 31.2 Å². The van der Waals surface area contributed by atoms with Gasteiger partial charge in [-0.05, 0) is 53.0 Å². The van der Waals surface area contributed by atoms with Crippen LogP contribution in [0.1, 0.15) is 35.9 Å². The first-order chi connectivity index (χ1) is 13.6. The van der Waals surface area contributed by atoms with E-state index in [4.69, 9.17) is 9.47 Å². The topological polar surface area (TPSA) is 76.2 Å². The minimum Gasteiger partial charge on any atom is -0.493 e. The number of imidazole rings is 1. The van der Waals surface area contributed by atoms with Crippen molar-refractivity contribution in [2.24, 2.45) is 0 Å². The molecule has 3 rings (SSSR count). The average Bonchev–Trinajstić information content (AvgIpc) is 3.12. The third-order valence-electron chi connectivity index (χ3n) is 4.26. The van der Waals surface area contributed by atoms with Crippen LogP contribution in [0, 0.1) is 0 Å². The number of rotatable bonds is 9. The SMILES string of the molecule is CCCOc1c(Br)cc(C(=O)NCCCc2nc3ccccc3[nH]2)cc1OC. The molecule has 0 saturated carbocycles. The Balaban J connectivity index is 1.56. The largest absolute Gasteiger partial charge is 0.493 e. The maximum atomic E-state index is 12.5. The highest BCUT2D eigenvalue weighted by Crippen LogP contribution is 2.36. The van der Waals surface area contributed by atoms with Crippen LogP contribution >= 0.6 is 15.9 Å². The van der Waals surface area contributed by atoms with E-state index in [1.54, 1.807) is 19.2 Å². The van der Waals surface area contributed by atoms with E-state index in [-0.39, 0.29) is 5.91 Å². The number of benzene rings is 2. The van der Waals surface area contributed by atoms with Crippen molar-refractivity contribution >= 4 is 32.9 Å². The highest BCUT2D eigenvalue weighted by Gasteiger charge is 2.15. The molecule has 7 heteroatoms. The molecule has 0 atom stereocenters. The lowest BCUT2D eigenvalue weighted by Gasteiger charge is -2.14. The molecule has 1 heterocycles. The Morgan fingerprint density at radius 3 is 2.86 bits per heavy atom. The number of hydrogen-bond donors (Lipinski definition) is 2. The van der Waals surface area contributed by atoms with Crippen LogP contribution in [0.3, 0.4) is 0 Å². The number of nitrogens with zero attached hydrogens (tertiary/aromatic N) is 1. The summed E-state index contributed by atoms with van der Waals surface area (Å²) in [5.74, 6) is 1.93. The molecule has 148 valence electrons. The minimum atomic E-state index is -0.148. The molecule has 2 N–H and O–H groups in total. The molecule has 28 heavy (non-hydrogen) atoms. The van der Waals surface area contributed by atoms with Crippen LogP contribution in [0.15, 0.2) is 40.9 Å². The van der Waals surface area contributed by atoms with Gasteiger partial charge in [0.15, 0.2) is 11.5 Å². The molecular formula is C21H24BrN3O3. The number of aryl methyl sites for hydroxylation is 1. The number of carbonyl (C=O) groups excluding carboxylic acids is 1. The number of carbonyl (C=O) groups is 1. The lowest BCUT2D eigenvalue weighted by Crippen LogP contribution is -2.25. The molecule has 3 aromatic rings. The molecule has 1 amide bonds. The van der Waals surface area contributed by atoms with E-state index in [0.717, 1.165) is 36.1 Å². The number of aromatic amines is 1. The fraction of sp³-hybridized carbons (Fsp3) is 0.333. The highest BCUT2D eigenvalue weighted by atomic mass is 79.9. The van der Waals surface area contributed by atoms with E-state index in [1.165, 1.54) is 0 Å². The lowest BCUT2D eigenvalue weighted by atomic mass is 10.2. The molecule has 2 aromatic carbocycles. The third-order valence-corrected chi connectivity index (χ3v) is 4.85. The number of ether oxygens (including phenoxy) is 2. The van der Waals surface area contributed by atoms with Crippen LogP contribution in [-0.2, 0) is 6.42 Å². The standard InChI is InChI=1S/C21H24BrN3O3/c1-3-11-28-20-15(22)12-14(13-18(20)27-2)21(26)23-10-6-9-19-24-16-7-4-5-8-17(16)25-19/h4-5,7-8,12-13H,3,6,9-11H2,1-2H3,(H,23,26)(H,24,25). The molecule has 0 saturated heterocycles. The summed E-state index contributed by atoms with van der Waals surface area (Å²) in [6.07, 6.45) is 2.45. The molecule has 0 fully saturated rings. The number of hydrogen-bond acceptors (Lipinski definition) is 4. The van der Waals surface area contributed by atoms with Gasteiger partial charge in [0.2, 0.25) is 0 Å². The van der Waals surface area contributed by atoms with Crippen LogP contribution in [0.4, 0.5) is 0 Å². The number of para-hydroxylation sites is 2. The summed E-state index contributed by atoms with van der Waals surface area (Å²) in [6.45, 7) is 3.18. The van der Waals surface area contributed by atoms with Gasteiger partial charge >= 0.3 is 0 Å². The van der Waals surface area contributed by atoms with Gasteiger partial charge in [0.05, 0.1) is 29.2 Å². The fourth-order valence-corrected chi connectivity index (χ4v) is 3.44. The predicted molar refractivity (Wildman–Crippen MR) is 113 cm³/mol. The monoisotopic (exact) mass is 445 g/mol. The van der Waals surface area contributed by atoms with Gasteiger partial charge in [0.1, 0.15) is 5.82 Å². The van der Waals surface area contributed by atoms with E-state index in [0.29, 0.717) is 34.7 Å². The summed E-state index contributed by atoms with van der Waals surface area (Å²) in [5.41, 5.74) is 2.52. The van der Waals surface area contributed by atoms with Gasteiger partial charge < -0.3 is 19.8 Å². The van der Waals surface area contributed by atoms with Crippen molar-refractivity contribution in [1.82, 2.24) is 15.3 Å². The molecule has 0 aliphatic rings. The van der Waals surface area contributed by atoms with Crippen molar-refractivity contribution in [3.05, 3.63) is 52.3 Å². The van der Waals surface area contributed by atoms with Crippen LogP contribution < -0.4 is 14.8 Å². The van der Waals surface area contributed by atoms with Gasteiger partial charge in [-0.25, -0.2) is 4.98 Å². The van der Waals surface area contributed by atoms with Crippen LogP contribution in [0.5, 0.6) is 11.5 Å². The van der Waals surface area contributed by atoms with E-state index in [2.05, 4.69) is 31.2 Å². The molecule has 0 radical (unpaired) electrons. The van der Waals surface area contributed by atoms with Gasteiger partial charge in [0.25, 0.3) is 5.91 Å². The second-order valence-corrected chi connectivity index (χ2v) is 7.25. The summed E-state index contributed by atoms with van der Waals surface area (Å²) >= 11 is 3.47. The van der Waals surface area contributed by atoms with Crippen LogP contribution in [0.25, 0.3) is 11.0 Å². The predicted octanol–water partition coefficient (Wildman–Crippen LogP) is 4.49. The van der Waals surface area contributed by atoms with Crippen molar-refractivity contribution in [2.45, 2.75) is 26.2 Å². The van der Waals surface area contributed by atoms with Gasteiger partial charge in [-0.1, -0.05) is 19.1 Å². The zero-order valence-electron chi connectivity index (χ0n) is 16.0. The quantitative estimate of drug-likeness (QED) is 0.475. The second-order valence-electron chi connectivity index (χ2n) is 6.40. The number of fused-ring (bicyclic) bond motifs is 1. The Morgan fingerprint density at radius 1 is 1.29 bits per heavy atom. The lowest BCUT2D eigenvalue weighted by molar-refractivity contribution is 0.0952. The van der Waals surface area contributed by atoms with Crippen molar-refractivity contribution in [1.29, 1.82) is 0 Å². The molecule has 0 aliphatic heterocycles. The summed E-state index contributed by atoms with van der Waals surface area (Å²) in [7, 11) is 1.57. The first kappa shape index (κ1) is 20.2. The number of methoxy groups -OCH3 is 1. The smallest absolute Gasteiger partial charge is 0.251 e. The Kier molecular flexibility index (Phi) is 6.92. The Hall–Kier alpha value is -2.54. The zero-order chi connectivity index (χ0) is 19.9. The summed E-state index contributed by atoms with van der Waals surface area (Å²) in [4.78, 5) is 20.3. The first-order valence-corrected chi connectivity index (χ1v) is 10.1. The second kappa shape index (κ2) is 9.59. The van der Waals surface area contributed by atoms with Crippen molar-refractivity contribution < 1.29 is 14.3 Å². The highest BCUT2D eigenvalue weighted by molar-refractivity contribution is 9.10. The van der Waals surface area contributed by atoms with Gasteiger partial charge in [-0.15, -0.1) is 0 Å². The summed E-state index contributed by atoms with van der Waals surface area (Å²) in [6, 6.07) is 11.4. The Labute approximate surface area is 172 Å². The Bertz CT molecular complexity index is 922.